The average molecular weight is 197 g/mol. The molecule has 1 aliphatic heterocycles. The van der Waals surface area contributed by atoms with Crippen LogP contribution in [-0.2, 0) is 0 Å². The molecule has 0 aromatic carbocycles. The van der Waals surface area contributed by atoms with E-state index in [2.05, 4.69) is 26.1 Å². The summed E-state index contributed by atoms with van der Waals surface area (Å²) in [4.78, 5) is 0. The second-order valence-electron chi connectivity index (χ2n) is 5.28. The molecule has 1 N–H and O–H groups in total. The quantitative estimate of drug-likeness (QED) is 0.615. The number of hydrogen-bond acceptors (Lipinski definition) is 1. The van der Waals surface area contributed by atoms with Crippen molar-refractivity contribution in [3.8, 4) is 0 Å². The lowest BCUT2D eigenvalue weighted by molar-refractivity contribution is 0.0835. The monoisotopic (exact) mass is 197 g/mol. The maximum atomic E-state index is 3.44. The summed E-state index contributed by atoms with van der Waals surface area (Å²) < 4.78 is 0. The second-order valence-corrected chi connectivity index (χ2v) is 5.28. The first kappa shape index (κ1) is 12.0. The van der Waals surface area contributed by atoms with Crippen molar-refractivity contribution in [2.75, 3.05) is 13.1 Å². The zero-order chi connectivity index (χ0) is 10.4. The van der Waals surface area contributed by atoms with Crippen molar-refractivity contribution in [2.45, 2.75) is 59.3 Å². The molecule has 14 heavy (non-hydrogen) atoms. The minimum absolute atomic E-state index is 0.659. The van der Waals surface area contributed by atoms with E-state index in [1.807, 2.05) is 0 Å². The van der Waals surface area contributed by atoms with Crippen LogP contribution < -0.4 is 5.32 Å². The van der Waals surface area contributed by atoms with Gasteiger partial charge in [-0.3, -0.25) is 0 Å². The van der Waals surface area contributed by atoms with Gasteiger partial charge in [-0.25, -0.2) is 0 Å². The topological polar surface area (TPSA) is 12.0 Å². The summed E-state index contributed by atoms with van der Waals surface area (Å²) in [6.07, 6.45) is 8.56. The van der Waals surface area contributed by atoms with Crippen LogP contribution in [0.4, 0.5) is 0 Å². The van der Waals surface area contributed by atoms with E-state index in [1.54, 1.807) is 0 Å². The molecular weight excluding hydrogens is 170 g/mol. The lowest BCUT2D eigenvalue weighted by atomic mass is 9.69. The van der Waals surface area contributed by atoms with Crippen molar-refractivity contribution in [2.24, 2.45) is 11.3 Å². The third kappa shape index (κ3) is 2.98. The zero-order valence-corrected chi connectivity index (χ0v) is 10.2. The SMILES string of the molecule is CCCCCCCC1(C(C)C)CNC1. The highest BCUT2D eigenvalue weighted by Gasteiger charge is 2.38. The fraction of sp³-hybridized carbons (Fsp3) is 1.00. The van der Waals surface area contributed by atoms with Gasteiger partial charge < -0.3 is 5.32 Å². The molecule has 1 rings (SSSR count). The highest BCUT2D eigenvalue weighted by molar-refractivity contribution is 4.94. The summed E-state index contributed by atoms with van der Waals surface area (Å²) in [5.41, 5.74) is 0.659. The fourth-order valence-corrected chi connectivity index (χ4v) is 2.40. The van der Waals surface area contributed by atoms with Gasteiger partial charge in [0, 0.05) is 13.1 Å². The van der Waals surface area contributed by atoms with Crippen molar-refractivity contribution in [1.29, 1.82) is 0 Å². The van der Waals surface area contributed by atoms with Gasteiger partial charge in [-0.2, -0.15) is 0 Å². The Morgan fingerprint density at radius 2 is 1.71 bits per heavy atom. The van der Waals surface area contributed by atoms with Crippen molar-refractivity contribution in [3.63, 3.8) is 0 Å². The van der Waals surface area contributed by atoms with Gasteiger partial charge in [0.2, 0.25) is 0 Å². The minimum Gasteiger partial charge on any atom is -0.316 e. The molecule has 0 aliphatic carbocycles. The molecule has 0 amide bonds. The van der Waals surface area contributed by atoms with Gasteiger partial charge in [-0.15, -0.1) is 0 Å². The van der Waals surface area contributed by atoms with E-state index in [0.717, 1.165) is 5.92 Å². The molecule has 84 valence electrons. The number of unbranched alkanes of at least 4 members (excludes halogenated alkanes) is 4. The van der Waals surface area contributed by atoms with Gasteiger partial charge in [0.05, 0.1) is 0 Å². The van der Waals surface area contributed by atoms with Crippen LogP contribution in [0.3, 0.4) is 0 Å². The van der Waals surface area contributed by atoms with Gasteiger partial charge in [0.1, 0.15) is 0 Å². The van der Waals surface area contributed by atoms with Crippen molar-refractivity contribution < 1.29 is 0 Å². The van der Waals surface area contributed by atoms with Gasteiger partial charge in [-0.05, 0) is 17.8 Å². The fourth-order valence-electron chi connectivity index (χ4n) is 2.40. The first-order valence-corrected chi connectivity index (χ1v) is 6.42. The Hall–Kier alpha value is -0.0400. The molecule has 0 aromatic rings. The molecule has 1 aliphatic rings. The maximum absolute atomic E-state index is 3.44. The molecule has 1 fully saturated rings. The van der Waals surface area contributed by atoms with Crippen LogP contribution in [0.5, 0.6) is 0 Å². The smallest absolute Gasteiger partial charge is 0.00227 e. The summed E-state index contributed by atoms with van der Waals surface area (Å²) in [5, 5.41) is 3.44. The van der Waals surface area contributed by atoms with Crippen molar-refractivity contribution in [1.82, 2.24) is 5.32 Å². The Kier molecular flexibility index (Phi) is 4.94. The Balaban J connectivity index is 2.09. The summed E-state index contributed by atoms with van der Waals surface area (Å²) in [6, 6.07) is 0. The number of rotatable bonds is 7. The van der Waals surface area contributed by atoms with Crippen LogP contribution in [0.1, 0.15) is 59.3 Å². The molecule has 0 unspecified atom stereocenters. The average Bonchev–Trinajstić information content (AvgIpc) is 2.07. The Labute approximate surface area is 89.7 Å². The molecule has 0 spiro atoms. The first-order chi connectivity index (χ1) is 6.71. The standard InChI is InChI=1S/C13H27N/c1-4-5-6-7-8-9-13(12(2)3)10-14-11-13/h12,14H,4-11H2,1-3H3. The van der Waals surface area contributed by atoms with Crippen molar-refractivity contribution >= 4 is 0 Å². The summed E-state index contributed by atoms with van der Waals surface area (Å²) in [5.74, 6) is 0.856. The van der Waals surface area contributed by atoms with E-state index in [-0.39, 0.29) is 0 Å². The highest BCUT2D eigenvalue weighted by atomic mass is 15.0. The Bertz CT molecular complexity index is 147. The largest absolute Gasteiger partial charge is 0.316 e. The van der Waals surface area contributed by atoms with Gasteiger partial charge in [0.25, 0.3) is 0 Å². The third-order valence-corrected chi connectivity index (χ3v) is 3.96. The van der Waals surface area contributed by atoms with Crippen LogP contribution in [0.15, 0.2) is 0 Å². The Morgan fingerprint density at radius 3 is 2.14 bits per heavy atom. The summed E-state index contributed by atoms with van der Waals surface area (Å²) in [7, 11) is 0. The Morgan fingerprint density at radius 1 is 1.07 bits per heavy atom. The third-order valence-electron chi connectivity index (χ3n) is 3.96. The lowest BCUT2D eigenvalue weighted by Gasteiger charge is -2.46. The number of hydrogen-bond donors (Lipinski definition) is 1. The van der Waals surface area contributed by atoms with E-state index in [0.29, 0.717) is 5.41 Å². The second kappa shape index (κ2) is 5.75. The molecule has 1 heteroatoms. The molecule has 1 nitrogen and oxygen atoms in total. The van der Waals surface area contributed by atoms with E-state index in [9.17, 15) is 0 Å². The van der Waals surface area contributed by atoms with E-state index in [4.69, 9.17) is 0 Å². The maximum Gasteiger partial charge on any atom is 0.00227 e. The van der Waals surface area contributed by atoms with Gasteiger partial charge in [-0.1, -0.05) is 52.9 Å². The summed E-state index contributed by atoms with van der Waals surface area (Å²) in [6.45, 7) is 9.57. The van der Waals surface area contributed by atoms with Crippen LogP contribution in [0, 0.1) is 11.3 Å². The lowest BCUT2D eigenvalue weighted by Crippen LogP contribution is -2.56. The number of nitrogens with one attached hydrogen (secondary N) is 1. The normalized spacial score (nSPS) is 19.7. The predicted octanol–water partition coefficient (Wildman–Crippen LogP) is 3.59. The van der Waals surface area contributed by atoms with Crippen LogP contribution >= 0.6 is 0 Å². The molecule has 1 heterocycles. The van der Waals surface area contributed by atoms with Crippen LogP contribution in [-0.4, -0.2) is 13.1 Å². The molecular formula is C13H27N. The van der Waals surface area contributed by atoms with E-state index < -0.39 is 0 Å². The molecule has 0 bridgehead atoms. The van der Waals surface area contributed by atoms with Crippen LogP contribution in [0.25, 0.3) is 0 Å². The zero-order valence-electron chi connectivity index (χ0n) is 10.2. The van der Waals surface area contributed by atoms with E-state index >= 15 is 0 Å². The van der Waals surface area contributed by atoms with Gasteiger partial charge >= 0.3 is 0 Å². The molecule has 0 atom stereocenters. The predicted molar refractivity (Wildman–Crippen MR) is 63.5 cm³/mol. The molecule has 1 saturated heterocycles. The first-order valence-electron chi connectivity index (χ1n) is 6.42. The highest BCUT2D eigenvalue weighted by Crippen LogP contribution is 2.37. The van der Waals surface area contributed by atoms with Crippen molar-refractivity contribution in [3.05, 3.63) is 0 Å². The summed E-state index contributed by atoms with van der Waals surface area (Å²) >= 11 is 0. The molecule has 0 radical (unpaired) electrons. The minimum atomic E-state index is 0.659. The van der Waals surface area contributed by atoms with Gasteiger partial charge in [0.15, 0.2) is 0 Å². The van der Waals surface area contributed by atoms with E-state index in [1.165, 1.54) is 51.6 Å². The molecule has 0 saturated carbocycles. The van der Waals surface area contributed by atoms with Crippen LogP contribution in [0.2, 0.25) is 0 Å². The molecule has 0 aromatic heterocycles.